The van der Waals surface area contributed by atoms with Gasteiger partial charge in [0.15, 0.2) is 5.69 Å². The van der Waals surface area contributed by atoms with Crippen LogP contribution in [-0.4, -0.2) is 40.3 Å². The number of hydrogen-bond donors (Lipinski definition) is 1. The maximum Gasteiger partial charge on any atom is 0.272 e. The summed E-state index contributed by atoms with van der Waals surface area (Å²) in [6.45, 7) is 2.60. The molecule has 2 heterocycles. The summed E-state index contributed by atoms with van der Waals surface area (Å²) in [5, 5.41) is 7.75. The third-order valence-electron chi connectivity index (χ3n) is 5.79. The first-order valence-electron chi connectivity index (χ1n) is 9.85. The van der Waals surface area contributed by atoms with Gasteiger partial charge in [0.2, 0.25) is 0 Å². The van der Waals surface area contributed by atoms with Crippen molar-refractivity contribution in [2.45, 2.75) is 51.2 Å². The van der Waals surface area contributed by atoms with Crippen LogP contribution in [0.3, 0.4) is 0 Å². The first-order valence-corrected chi connectivity index (χ1v) is 9.85. The number of rotatable bonds is 5. The minimum absolute atomic E-state index is 0.00922. The van der Waals surface area contributed by atoms with Crippen molar-refractivity contribution in [3.05, 3.63) is 46.8 Å². The molecule has 27 heavy (non-hydrogen) atoms. The van der Waals surface area contributed by atoms with E-state index in [1.54, 1.807) is 7.11 Å². The highest BCUT2D eigenvalue weighted by molar-refractivity contribution is 5.94. The zero-order chi connectivity index (χ0) is 18.8. The van der Waals surface area contributed by atoms with Gasteiger partial charge >= 0.3 is 0 Å². The van der Waals surface area contributed by atoms with E-state index in [4.69, 9.17) is 4.74 Å². The van der Waals surface area contributed by atoms with Gasteiger partial charge in [-0.25, -0.2) is 0 Å². The largest absolute Gasteiger partial charge is 0.497 e. The van der Waals surface area contributed by atoms with Crippen LogP contribution in [0.1, 0.15) is 53.0 Å². The van der Waals surface area contributed by atoms with Crippen molar-refractivity contribution < 1.29 is 9.53 Å². The molecular weight excluding hydrogens is 340 g/mol. The van der Waals surface area contributed by atoms with Crippen molar-refractivity contribution in [1.82, 2.24) is 20.0 Å². The lowest BCUT2D eigenvalue weighted by atomic mass is 10.0. The lowest BCUT2D eigenvalue weighted by molar-refractivity contribution is 0.0929. The molecule has 0 radical (unpaired) electrons. The van der Waals surface area contributed by atoms with E-state index in [0.29, 0.717) is 11.7 Å². The molecule has 0 atom stereocenters. The van der Waals surface area contributed by atoms with Crippen LogP contribution in [0.4, 0.5) is 0 Å². The second-order valence-corrected chi connectivity index (χ2v) is 7.66. The van der Waals surface area contributed by atoms with Gasteiger partial charge in [-0.1, -0.05) is 25.0 Å². The van der Waals surface area contributed by atoms with Crippen molar-refractivity contribution in [2.24, 2.45) is 7.05 Å². The number of aromatic nitrogens is 2. The fourth-order valence-corrected chi connectivity index (χ4v) is 4.28. The molecule has 2 aromatic rings. The highest BCUT2D eigenvalue weighted by Crippen LogP contribution is 2.25. The number of amides is 1. The Morgan fingerprint density at radius 1 is 1.26 bits per heavy atom. The first kappa shape index (κ1) is 18.0. The van der Waals surface area contributed by atoms with Crippen molar-refractivity contribution in [2.75, 3.05) is 13.7 Å². The van der Waals surface area contributed by atoms with Crippen molar-refractivity contribution in [3.63, 3.8) is 0 Å². The molecule has 0 saturated heterocycles. The van der Waals surface area contributed by atoms with E-state index in [9.17, 15) is 4.79 Å². The number of methoxy groups -OCH3 is 1. The van der Waals surface area contributed by atoms with E-state index >= 15 is 0 Å². The van der Waals surface area contributed by atoms with Crippen LogP contribution in [0.25, 0.3) is 0 Å². The Balaban J connectivity index is 1.48. The number of fused-ring (bicyclic) bond motifs is 1. The minimum atomic E-state index is -0.00922. The number of nitrogens with one attached hydrogen (secondary N) is 1. The summed E-state index contributed by atoms with van der Waals surface area (Å²) < 4.78 is 7.13. The molecule has 144 valence electrons. The lowest BCUT2D eigenvalue weighted by Crippen LogP contribution is -2.35. The van der Waals surface area contributed by atoms with E-state index in [0.717, 1.165) is 50.2 Å². The van der Waals surface area contributed by atoms with E-state index in [2.05, 4.69) is 27.4 Å². The molecular formula is C21H28N4O2. The Hall–Kier alpha value is -2.34. The topological polar surface area (TPSA) is 59.4 Å². The van der Waals surface area contributed by atoms with Crippen molar-refractivity contribution in [3.8, 4) is 5.75 Å². The molecule has 2 aliphatic rings. The summed E-state index contributed by atoms with van der Waals surface area (Å²) >= 11 is 0. The highest BCUT2D eigenvalue weighted by Gasteiger charge is 2.28. The minimum Gasteiger partial charge on any atom is -0.497 e. The SMILES string of the molecule is COc1ccc(CN2CCc3c(c(C(=O)NC4CCCC4)nn3C)C2)cc1. The summed E-state index contributed by atoms with van der Waals surface area (Å²) in [4.78, 5) is 15.2. The van der Waals surface area contributed by atoms with Crippen LogP contribution in [0.15, 0.2) is 24.3 Å². The van der Waals surface area contributed by atoms with Gasteiger partial charge in [-0.05, 0) is 30.5 Å². The summed E-state index contributed by atoms with van der Waals surface area (Å²) in [6.07, 6.45) is 5.52. The average molecular weight is 368 g/mol. The number of carbonyl (C=O) groups excluding carboxylic acids is 1. The summed E-state index contributed by atoms with van der Waals surface area (Å²) in [5.74, 6) is 0.864. The fourth-order valence-electron chi connectivity index (χ4n) is 4.28. The number of hydrogen-bond acceptors (Lipinski definition) is 4. The molecule has 0 spiro atoms. The highest BCUT2D eigenvalue weighted by atomic mass is 16.5. The summed E-state index contributed by atoms with van der Waals surface area (Å²) in [7, 11) is 3.63. The number of ether oxygens (including phenoxy) is 1. The summed E-state index contributed by atoms with van der Waals surface area (Å²) in [6, 6.07) is 8.51. The van der Waals surface area contributed by atoms with E-state index in [1.165, 1.54) is 24.1 Å². The zero-order valence-electron chi connectivity index (χ0n) is 16.2. The standard InChI is InChI=1S/C21H28N4O2/c1-24-19-11-12-25(13-15-7-9-17(27-2)10-8-15)14-18(19)20(23-24)21(26)22-16-5-3-4-6-16/h7-10,16H,3-6,11-14H2,1-2H3,(H,22,26). The van der Waals surface area contributed by atoms with Gasteiger partial charge in [-0.15, -0.1) is 0 Å². The van der Waals surface area contributed by atoms with Crippen LogP contribution in [-0.2, 0) is 26.6 Å². The predicted molar refractivity (Wildman–Crippen MR) is 104 cm³/mol. The van der Waals surface area contributed by atoms with Gasteiger partial charge in [0.1, 0.15) is 5.75 Å². The zero-order valence-corrected chi connectivity index (χ0v) is 16.2. The molecule has 0 unspecified atom stereocenters. The molecule has 1 aromatic carbocycles. The number of nitrogens with zero attached hydrogens (tertiary/aromatic N) is 3. The van der Waals surface area contributed by atoms with Gasteiger partial charge in [-0.2, -0.15) is 5.10 Å². The Morgan fingerprint density at radius 3 is 2.70 bits per heavy atom. The van der Waals surface area contributed by atoms with Gasteiger partial charge in [-0.3, -0.25) is 14.4 Å². The van der Waals surface area contributed by atoms with E-state index < -0.39 is 0 Å². The number of carbonyl (C=O) groups is 1. The Bertz CT molecular complexity index is 806. The van der Waals surface area contributed by atoms with Gasteiger partial charge in [0.05, 0.1) is 7.11 Å². The molecule has 1 fully saturated rings. The second kappa shape index (κ2) is 7.72. The van der Waals surface area contributed by atoms with Crippen molar-refractivity contribution >= 4 is 5.91 Å². The third kappa shape index (κ3) is 3.86. The molecule has 4 rings (SSSR count). The van der Waals surface area contributed by atoms with Crippen LogP contribution >= 0.6 is 0 Å². The molecule has 1 N–H and O–H groups in total. The molecule has 1 aromatic heterocycles. The van der Waals surface area contributed by atoms with Crippen LogP contribution in [0.5, 0.6) is 5.75 Å². The number of benzene rings is 1. The van der Waals surface area contributed by atoms with Crippen LogP contribution in [0.2, 0.25) is 0 Å². The second-order valence-electron chi connectivity index (χ2n) is 7.66. The molecule has 6 nitrogen and oxygen atoms in total. The quantitative estimate of drug-likeness (QED) is 0.881. The van der Waals surface area contributed by atoms with E-state index in [1.807, 2.05) is 23.9 Å². The Labute approximate surface area is 160 Å². The van der Waals surface area contributed by atoms with Gasteiger partial charge in [0.25, 0.3) is 5.91 Å². The van der Waals surface area contributed by atoms with Gasteiger partial charge in [0, 0.05) is 50.4 Å². The fraction of sp³-hybridized carbons (Fsp3) is 0.524. The average Bonchev–Trinajstić information content (AvgIpc) is 3.30. The van der Waals surface area contributed by atoms with Gasteiger partial charge < -0.3 is 10.1 Å². The molecule has 1 aliphatic carbocycles. The first-order chi connectivity index (χ1) is 13.1. The smallest absolute Gasteiger partial charge is 0.272 e. The monoisotopic (exact) mass is 368 g/mol. The molecule has 1 aliphatic heterocycles. The maximum absolute atomic E-state index is 12.8. The normalized spacial score (nSPS) is 17.7. The van der Waals surface area contributed by atoms with Crippen LogP contribution in [0, 0.1) is 0 Å². The molecule has 1 amide bonds. The Kier molecular flexibility index (Phi) is 5.16. The maximum atomic E-state index is 12.8. The third-order valence-corrected chi connectivity index (χ3v) is 5.79. The molecule has 6 heteroatoms. The Morgan fingerprint density at radius 2 is 2.00 bits per heavy atom. The predicted octanol–water partition coefficient (Wildman–Crippen LogP) is 2.66. The molecule has 0 bridgehead atoms. The number of aryl methyl sites for hydroxylation is 1. The lowest BCUT2D eigenvalue weighted by Gasteiger charge is -2.27. The van der Waals surface area contributed by atoms with Crippen LogP contribution < -0.4 is 10.1 Å². The van der Waals surface area contributed by atoms with Crippen molar-refractivity contribution in [1.29, 1.82) is 0 Å². The van der Waals surface area contributed by atoms with E-state index in [-0.39, 0.29) is 5.91 Å². The molecule has 1 saturated carbocycles. The summed E-state index contributed by atoms with van der Waals surface area (Å²) in [5.41, 5.74) is 4.14.